The molecule has 0 fully saturated rings. The van der Waals surface area contributed by atoms with Gasteiger partial charge in [-0.1, -0.05) is 19.4 Å². The quantitative estimate of drug-likeness (QED) is 0.856. The minimum atomic E-state index is 0.428. The van der Waals surface area contributed by atoms with E-state index in [4.69, 9.17) is 4.74 Å². The Morgan fingerprint density at radius 1 is 1.38 bits per heavy atom. The van der Waals surface area contributed by atoms with Crippen molar-refractivity contribution < 1.29 is 4.74 Å². The van der Waals surface area contributed by atoms with Gasteiger partial charge in [0.1, 0.15) is 5.75 Å². The van der Waals surface area contributed by atoms with Crippen LogP contribution < -0.4 is 10.1 Å². The molecule has 1 aromatic carbocycles. The molecular formula is C13H20BrNO. The van der Waals surface area contributed by atoms with Gasteiger partial charge in [-0.15, -0.1) is 0 Å². The van der Waals surface area contributed by atoms with Gasteiger partial charge in [-0.25, -0.2) is 0 Å². The fourth-order valence-electron chi connectivity index (χ4n) is 1.77. The summed E-state index contributed by atoms with van der Waals surface area (Å²) in [6, 6.07) is 6.73. The van der Waals surface area contributed by atoms with E-state index in [0.29, 0.717) is 12.6 Å². The molecule has 1 rings (SSSR count). The van der Waals surface area contributed by atoms with Gasteiger partial charge in [-0.05, 0) is 54.0 Å². The lowest BCUT2D eigenvalue weighted by atomic mass is 10.0. The van der Waals surface area contributed by atoms with Gasteiger partial charge < -0.3 is 10.1 Å². The van der Waals surface area contributed by atoms with E-state index in [2.05, 4.69) is 40.3 Å². The fraction of sp³-hybridized carbons (Fsp3) is 0.538. The van der Waals surface area contributed by atoms with E-state index in [0.717, 1.165) is 16.6 Å². The normalized spacial score (nSPS) is 12.5. The van der Waals surface area contributed by atoms with E-state index in [-0.39, 0.29) is 0 Å². The van der Waals surface area contributed by atoms with Crippen molar-refractivity contribution in [1.29, 1.82) is 0 Å². The molecule has 0 saturated heterocycles. The fourth-order valence-corrected chi connectivity index (χ4v) is 2.28. The molecule has 0 spiro atoms. The van der Waals surface area contributed by atoms with Crippen molar-refractivity contribution in [2.45, 2.75) is 32.7 Å². The van der Waals surface area contributed by atoms with Gasteiger partial charge in [-0.2, -0.15) is 0 Å². The number of rotatable bonds is 6. The second kappa shape index (κ2) is 6.92. The predicted molar refractivity (Wildman–Crippen MR) is 72.0 cm³/mol. The number of benzene rings is 1. The standard InChI is InChI=1S/C13H20BrNO/c1-4-6-12(15-3)10-7-8-13(16-5-2)11(14)9-10/h7-9,12,15H,4-6H2,1-3H3. The maximum atomic E-state index is 5.50. The SMILES string of the molecule is CCCC(NC)c1ccc(OCC)c(Br)c1. The Hall–Kier alpha value is -0.540. The average molecular weight is 286 g/mol. The second-order valence-electron chi connectivity index (χ2n) is 3.75. The summed E-state index contributed by atoms with van der Waals surface area (Å²) < 4.78 is 6.53. The van der Waals surface area contributed by atoms with E-state index >= 15 is 0 Å². The molecule has 0 amide bonds. The van der Waals surface area contributed by atoms with Crippen molar-refractivity contribution in [3.05, 3.63) is 28.2 Å². The number of halogens is 1. The van der Waals surface area contributed by atoms with E-state index in [1.165, 1.54) is 12.0 Å². The van der Waals surface area contributed by atoms with Crippen LogP contribution in [0.4, 0.5) is 0 Å². The van der Waals surface area contributed by atoms with E-state index < -0.39 is 0 Å². The Bertz CT molecular complexity index is 328. The predicted octanol–water partition coefficient (Wildman–Crippen LogP) is 3.91. The number of ether oxygens (including phenoxy) is 1. The van der Waals surface area contributed by atoms with Gasteiger partial charge in [-0.3, -0.25) is 0 Å². The number of hydrogen-bond donors (Lipinski definition) is 1. The third-order valence-corrected chi connectivity index (χ3v) is 3.20. The molecule has 0 aromatic heterocycles. The summed E-state index contributed by atoms with van der Waals surface area (Å²) >= 11 is 3.54. The Morgan fingerprint density at radius 2 is 2.12 bits per heavy atom. The van der Waals surface area contributed by atoms with Crippen molar-refractivity contribution in [1.82, 2.24) is 5.32 Å². The van der Waals surface area contributed by atoms with Crippen molar-refractivity contribution in [2.75, 3.05) is 13.7 Å². The topological polar surface area (TPSA) is 21.3 Å². The minimum absolute atomic E-state index is 0.428. The highest BCUT2D eigenvalue weighted by molar-refractivity contribution is 9.10. The molecule has 16 heavy (non-hydrogen) atoms. The molecule has 0 aliphatic carbocycles. The summed E-state index contributed by atoms with van der Waals surface area (Å²) in [7, 11) is 2.00. The zero-order valence-corrected chi connectivity index (χ0v) is 11.8. The molecule has 0 saturated carbocycles. The highest BCUT2D eigenvalue weighted by Gasteiger charge is 2.10. The smallest absolute Gasteiger partial charge is 0.133 e. The van der Waals surface area contributed by atoms with Crippen LogP contribution in [0, 0.1) is 0 Å². The molecule has 1 atom stereocenters. The van der Waals surface area contributed by atoms with Crippen LogP contribution in [0.5, 0.6) is 5.75 Å². The Labute approximate surface area is 107 Å². The van der Waals surface area contributed by atoms with E-state index in [1.54, 1.807) is 0 Å². The van der Waals surface area contributed by atoms with Crippen molar-refractivity contribution in [2.24, 2.45) is 0 Å². The van der Waals surface area contributed by atoms with Gasteiger partial charge in [0, 0.05) is 6.04 Å². The molecule has 0 bridgehead atoms. The third kappa shape index (κ3) is 3.49. The van der Waals surface area contributed by atoms with Crippen LogP contribution in [0.25, 0.3) is 0 Å². The molecule has 2 nitrogen and oxygen atoms in total. The van der Waals surface area contributed by atoms with Gasteiger partial charge in [0.25, 0.3) is 0 Å². The zero-order chi connectivity index (χ0) is 12.0. The average Bonchev–Trinajstić information content (AvgIpc) is 2.29. The molecule has 90 valence electrons. The first-order chi connectivity index (χ1) is 7.72. The van der Waals surface area contributed by atoms with Crippen LogP contribution in [0.3, 0.4) is 0 Å². The van der Waals surface area contributed by atoms with E-state index in [9.17, 15) is 0 Å². The molecular weight excluding hydrogens is 266 g/mol. The lowest BCUT2D eigenvalue weighted by Gasteiger charge is -2.17. The number of hydrogen-bond acceptors (Lipinski definition) is 2. The Morgan fingerprint density at radius 3 is 2.62 bits per heavy atom. The summed E-state index contributed by atoms with van der Waals surface area (Å²) in [6.07, 6.45) is 2.33. The largest absolute Gasteiger partial charge is 0.493 e. The third-order valence-electron chi connectivity index (χ3n) is 2.58. The van der Waals surface area contributed by atoms with E-state index in [1.807, 2.05) is 20.0 Å². The summed E-state index contributed by atoms with van der Waals surface area (Å²) in [5, 5.41) is 3.34. The van der Waals surface area contributed by atoms with Crippen LogP contribution in [-0.2, 0) is 0 Å². The summed E-state index contributed by atoms with van der Waals surface area (Å²) in [5.41, 5.74) is 1.31. The first-order valence-electron chi connectivity index (χ1n) is 5.82. The van der Waals surface area contributed by atoms with Crippen molar-refractivity contribution in [3.63, 3.8) is 0 Å². The molecule has 0 aliphatic heterocycles. The lowest BCUT2D eigenvalue weighted by Crippen LogP contribution is -2.15. The first-order valence-corrected chi connectivity index (χ1v) is 6.61. The minimum Gasteiger partial charge on any atom is -0.493 e. The lowest BCUT2D eigenvalue weighted by molar-refractivity contribution is 0.338. The summed E-state index contributed by atoms with van der Waals surface area (Å²) in [4.78, 5) is 0. The van der Waals surface area contributed by atoms with Crippen LogP contribution in [0.15, 0.2) is 22.7 Å². The molecule has 1 N–H and O–H groups in total. The summed E-state index contributed by atoms with van der Waals surface area (Å²) in [5.74, 6) is 0.914. The molecule has 1 aromatic rings. The first kappa shape index (κ1) is 13.5. The van der Waals surface area contributed by atoms with Crippen molar-refractivity contribution >= 4 is 15.9 Å². The van der Waals surface area contributed by atoms with Gasteiger partial charge in [0.15, 0.2) is 0 Å². The summed E-state index contributed by atoms with van der Waals surface area (Å²) in [6.45, 7) is 4.89. The highest BCUT2D eigenvalue weighted by Crippen LogP contribution is 2.29. The second-order valence-corrected chi connectivity index (χ2v) is 4.61. The molecule has 1 unspecified atom stereocenters. The Kier molecular flexibility index (Phi) is 5.85. The van der Waals surface area contributed by atoms with Gasteiger partial charge >= 0.3 is 0 Å². The number of nitrogens with one attached hydrogen (secondary N) is 1. The van der Waals surface area contributed by atoms with Crippen LogP contribution in [0.2, 0.25) is 0 Å². The molecule has 3 heteroatoms. The monoisotopic (exact) mass is 285 g/mol. The van der Waals surface area contributed by atoms with Crippen LogP contribution in [0.1, 0.15) is 38.3 Å². The molecule has 0 heterocycles. The molecule has 0 radical (unpaired) electrons. The molecule has 0 aliphatic rings. The van der Waals surface area contributed by atoms with Crippen molar-refractivity contribution in [3.8, 4) is 5.75 Å². The highest BCUT2D eigenvalue weighted by atomic mass is 79.9. The maximum Gasteiger partial charge on any atom is 0.133 e. The maximum absolute atomic E-state index is 5.50. The van der Waals surface area contributed by atoms with Crippen LogP contribution >= 0.6 is 15.9 Å². The van der Waals surface area contributed by atoms with Crippen LogP contribution in [-0.4, -0.2) is 13.7 Å². The zero-order valence-electron chi connectivity index (χ0n) is 10.2. The van der Waals surface area contributed by atoms with Gasteiger partial charge in [0.2, 0.25) is 0 Å². The Balaban J connectivity index is 2.85. The van der Waals surface area contributed by atoms with Gasteiger partial charge in [0.05, 0.1) is 11.1 Å².